The number of aliphatic hydroxyl groups is 1. The molecule has 0 spiro atoms. The fraction of sp³-hybridized carbons (Fsp3) is 0.273. The lowest BCUT2D eigenvalue weighted by Crippen LogP contribution is -2.07. The van der Waals surface area contributed by atoms with Crippen LogP contribution in [0.5, 0.6) is 0 Å². The maximum absolute atomic E-state index is 9.52. The lowest BCUT2D eigenvalue weighted by molar-refractivity contribution is 0.350. The van der Waals surface area contributed by atoms with Gasteiger partial charge in [0.15, 0.2) is 0 Å². The molecule has 0 aromatic carbocycles. The number of rotatable bonds is 2. The van der Waals surface area contributed by atoms with E-state index in [1.807, 2.05) is 31.2 Å². The highest BCUT2D eigenvalue weighted by Crippen LogP contribution is 2.26. The molecule has 0 heterocycles. The third-order valence-corrected chi connectivity index (χ3v) is 2.05. The first-order valence-electron chi connectivity index (χ1n) is 4.14. The Hall–Kier alpha value is -1.24. The summed E-state index contributed by atoms with van der Waals surface area (Å²) in [5.74, 6) is 0.558. The summed E-state index contributed by atoms with van der Waals surface area (Å²) < 4.78 is 0. The van der Waals surface area contributed by atoms with Gasteiger partial charge in [-0.2, -0.15) is 0 Å². The van der Waals surface area contributed by atoms with Gasteiger partial charge >= 0.3 is 0 Å². The van der Waals surface area contributed by atoms with Gasteiger partial charge in [0.1, 0.15) is 0 Å². The number of hydrogen-bond acceptors (Lipinski definition) is 1. The van der Waals surface area contributed by atoms with Crippen molar-refractivity contribution in [2.75, 3.05) is 0 Å². The largest absolute Gasteiger partial charge is 0.512 e. The molecule has 1 rings (SSSR count). The lowest BCUT2D eigenvalue weighted by atomic mass is 9.90. The minimum Gasteiger partial charge on any atom is -0.512 e. The summed E-state index contributed by atoms with van der Waals surface area (Å²) in [7, 11) is 0. The van der Waals surface area contributed by atoms with Crippen molar-refractivity contribution in [2.45, 2.75) is 13.3 Å². The van der Waals surface area contributed by atoms with Crippen molar-refractivity contribution in [1.82, 2.24) is 0 Å². The number of allylic oxidation sites excluding steroid dienone is 6. The third-order valence-electron chi connectivity index (χ3n) is 2.05. The van der Waals surface area contributed by atoms with Crippen LogP contribution in [0.2, 0.25) is 0 Å². The molecule has 1 heteroatoms. The number of aliphatic hydroxyl groups excluding tert-OH is 1. The van der Waals surface area contributed by atoms with E-state index in [0.29, 0.717) is 5.76 Å². The molecular weight excluding hydrogens is 148 g/mol. The van der Waals surface area contributed by atoms with Gasteiger partial charge in [-0.05, 0) is 25.0 Å². The minimum atomic E-state index is 0.123. The van der Waals surface area contributed by atoms with E-state index in [4.69, 9.17) is 0 Å². The summed E-state index contributed by atoms with van der Waals surface area (Å²) in [6.07, 6.45) is 10.3. The Bertz CT molecular complexity index is 256. The van der Waals surface area contributed by atoms with Gasteiger partial charge < -0.3 is 5.11 Å². The average Bonchev–Trinajstić information content (AvgIpc) is 2.09. The molecule has 12 heavy (non-hydrogen) atoms. The Morgan fingerprint density at radius 1 is 1.67 bits per heavy atom. The summed E-state index contributed by atoms with van der Waals surface area (Å²) in [4.78, 5) is 0. The summed E-state index contributed by atoms with van der Waals surface area (Å²) in [6, 6.07) is 0. The summed E-state index contributed by atoms with van der Waals surface area (Å²) >= 11 is 0. The van der Waals surface area contributed by atoms with Crippen molar-refractivity contribution in [2.24, 2.45) is 5.92 Å². The number of hydrogen-bond donors (Lipinski definition) is 1. The van der Waals surface area contributed by atoms with E-state index < -0.39 is 0 Å². The Morgan fingerprint density at radius 2 is 2.42 bits per heavy atom. The molecule has 0 saturated heterocycles. The van der Waals surface area contributed by atoms with Gasteiger partial charge in [-0.1, -0.05) is 24.3 Å². The average molecular weight is 162 g/mol. The zero-order valence-corrected chi connectivity index (χ0v) is 7.33. The smallest absolute Gasteiger partial charge is 0.1000 e. The van der Waals surface area contributed by atoms with E-state index in [2.05, 4.69) is 6.58 Å². The molecule has 0 fully saturated rings. The monoisotopic (exact) mass is 162 g/mol. The van der Waals surface area contributed by atoms with Gasteiger partial charge in [0.05, 0.1) is 5.76 Å². The molecular formula is C11H14O. The third kappa shape index (κ3) is 1.67. The maximum atomic E-state index is 9.52. The van der Waals surface area contributed by atoms with E-state index >= 15 is 0 Å². The fourth-order valence-corrected chi connectivity index (χ4v) is 1.38. The van der Waals surface area contributed by atoms with E-state index in [9.17, 15) is 5.11 Å². The second kappa shape index (κ2) is 3.96. The highest BCUT2D eigenvalue weighted by atomic mass is 16.3. The van der Waals surface area contributed by atoms with Crippen molar-refractivity contribution in [3.63, 3.8) is 0 Å². The highest BCUT2D eigenvalue weighted by Gasteiger charge is 2.16. The van der Waals surface area contributed by atoms with E-state index in [1.165, 1.54) is 0 Å². The van der Waals surface area contributed by atoms with Crippen LogP contribution in [-0.2, 0) is 0 Å². The summed E-state index contributed by atoms with van der Waals surface area (Å²) in [5.41, 5.74) is 1.16. The summed E-state index contributed by atoms with van der Waals surface area (Å²) in [5, 5.41) is 9.52. The Balaban J connectivity index is 2.86. The van der Waals surface area contributed by atoms with Crippen LogP contribution in [0.3, 0.4) is 0 Å². The Morgan fingerprint density at radius 3 is 3.00 bits per heavy atom. The van der Waals surface area contributed by atoms with Gasteiger partial charge in [0.25, 0.3) is 0 Å². The first-order valence-corrected chi connectivity index (χ1v) is 4.14. The van der Waals surface area contributed by atoms with Crippen LogP contribution in [0, 0.1) is 5.92 Å². The molecule has 1 aliphatic rings. The minimum absolute atomic E-state index is 0.123. The second-order valence-corrected chi connectivity index (χ2v) is 2.82. The zero-order valence-electron chi connectivity index (χ0n) is 7.33. The van der Waals surface area contributed by atoms with Crippen molar-refractivity contribution in [3.05, 3.63) is 48.3 Å². The van der Waals surface area contributed by atoms with Crippen molar-refractivity contribution in [3.8, 4) is 0 Å². The first-order chi connectivity index (χ1) is 5.79. The predicted octanol–water partition coefficient (Wildman–Crippen LogP) is 3.14. The molecule has 0 bridgehead atoms. The van der Waals surface area contributed by atoms with Crippen LogP contribution < -0.4 is 0 Å². The fourth-order valence-electron chi connectivity index (χ4n) is 1.38. The van der Waals surface area contributed by atoms with Gasteiger partial charge in [0.2, 0.25) is 0 Å². The normalized spacial score (nSPS) is 25.6. The molecule has 0 radical (unpaired) electrons. The summed E-state index contributed by atoms with van der Waals surface area (Å²) in [6.45, 7) is 5.65. The second-order valence-electron chi connectivity index (χ2n) is 2.82. The highest BCUT2D eigenvalue weighted by molar-refractivity contribution is 5.35. The van der Waals surface area contributed by atoms with Gasteiger partial charge in [-0.3, -0.25) is 0 Å². The Kier molecular flexibility index (Phi) is 2.92. The van der Waals surface area contributed by atoms with Gasteiger partial charge in [-0.15, -0.1) is 6.58 Å². The zero-order chi connectivity index (χ0) is 8.97. The molecule has 0 saturated carbocycles. The topological polar surface area (TPSA) is 20.2 Å². The molecule has 1 N–H and O–H groups in total. The maximum Gasteiger partial charge on any atom is 0.1000 e. The van der Waals surface area contributed by atoms with Crippen molar-refractivity contribution >= 4 is 0 Å². The van der Waals surface area contributed by atoms with Crippen LogP contribution in [0.15, 0.2) is 48.3 Å². The molecule has 1 aliphatic carbocycles. The first kappa shape index (κ1) is 8.85. The molecule has 1 nitrogen and oxygen atoms in total. The molecule has 1 atom stereocenters. The molecule has 0 aromatic heterocycles. The SMILES string of the molecule is C=CCC1C(O)=CC=CC1=CC. The van der Waals surface area contributed by atoms with Crippen LogP contribution in [0.25, 0.3) is 0 Å². The molecule has 1 unspecified atom stereocenters. The lowest BCUT2D eigenvalue weighted by Gasteiger charge is -2.18. The molecule has 0 amide bonds. The molecule has 64 valence electrons. The van der Waals surface area contributed by atoms with Gasteiger partial charge in [-0.25, -0.2) is 0 Å². The van der Waals surface area contributed by atoms with Crippen LogP contribution in [0.1, 0.15) is 13.3 Å². The van der Waals surface area contributed by atoms with E-state index in [1.54, 1.807) is 6.08 Å². The molecule has 0 aliphatic heterocycles. The van der Waals surface area contributed by atoms with Crippen LogP contribution >= 0.6 is 0 Å². The van der Waals surface area contributed by atoms with Crippen molar-refractivity contribution < 1.29 is 5.11 Å². The molecule has 0 aromatic rings. The van der Waals surface area contributed by atoms with Crippen molar-refractivity contribution in [1.29, 1.82) is 0 Å². The standard InChI is InChI=1S/C11H14O/c1-3-6-10-9(4-2)7-5-8-11(10)12/h3-5,7-8,10,12H,1,6H2,2H3. The van der Waals surface area contributed by atoms with E-state index in [0.717, 1.165) is 12.0 Å². The van der Waals surface area contributed by atoms with Crippen LogP contribution in [-0.4, -0.2) is 5.11 Å². The van der Waals surface area contributed by atoms with E-state index in [-0.39, 0.29) is 5.92 Å². The predicted molar refractivity (Wildman–Crippen MR) is 51.9 cm³/mol. The Labute approximate surface area is 73.4 Å². The quantitative estimate of drug-likeness (QED) is 0.618. The van der Waals surface area contributed by atoms with Crippen LogP contribution in [0.4, 0.5) is 0 Å². The van der Waals surface area contributed by atoms with Gasteiger partial charge in [0, 0.05) is 5.92 Å².